The number of guanidine groups is 1. The smallest absolute Gasteiger partial charge is 0.193 e. The fourth-order valence-electron chi connectivity index (χ4n) is 2.15. The van der Waals surface area contributed by atoms with Crippen LogP contribution < -0.4 is 5.32 Å². The van der Waals surface area contributed by atoms with Crippen molar-refractivity contribution in [1.82, 2.24) is 10.2 Å². The summed E-state index contributed by atoms with van der Waals surface area (Å²) in [5, 5.41) is 3.36. The lowest BCUT2D eigenvalue weighted by molar-refractivity contribution is 0.192. The second kappa shape index (κ2) is 14.0. The molecule has 0 unspecified atom stereocenters. The first-order valence-corrected chi connectivity index (χ1v) is 8.70. The van der Waals surface area contributed by atoms with Gasteiger partial charge in [0.1, 0.15) is 0 Å². The van der Waals surface area contributed by atoms with E-state index in [0.717, 1.165) is 55.9 Å². The fourth-order valence-corrected chi connectivity index (χ4v) is 2.56. The predicted molar refractivity (Wildman–Crippen MR) is 113 cm³/mol. The number of nitrogens with one attached hydrogen (secondary N) is 1. The summed E-state index contributed by atoms with van der Waals surface area (Å²) in [6.45, 7) is 5.50. The monoisotopic (exact) mass is 497 g/mol. The second-order valence-corrected chi connectivity index (χ2v) is 6.09. The Morgan fingerprint density at radius 3 is 2.65 bits per heavy atom. The second-order valence-electron chi connectivity index (χ2n) is 5.24. The zero-order valence-electron chi connectivity index (χ0n) is 14.3. The third-order valence-electron chi connectivity index (χ3n) is 3.33. The maximum Gasteiger partial charge on any atom is 0.193 e. The minimum atomic E-state index is 0. The molecule has 0 spiro atoms. The van der Waals surface area contributed by atoms with Gasteiger partial charge in [-0.2, -0.15) is 0 Å². The van der Waals surface area contributed by atoms with Crippen LogP contribution in [0.1, 0.15) is 31.7 Å². The van der Waals surface area contributed by atoms with Crippen LogP contribution >= 0.6 is 39.9 Å². The molecule has 1 aromatic carbocycles. The van der Waals surface area contributed by atoms with Gasteiger partial charge in [0.15, 0.2) is 5.96 Å². The Hall–Kier alpha value is -0.340. The van der Waals surface area contributed by atoms with Crippen LogP contribution in [0.5, 0.6) is 0 Å². The van der Waals surface area contributed by atoms with E-state index < -0.39 is 0 Å². The lowest BCUT2D eigenvalue weighted by Crippen LogP contribution is -2.38. The summed E-state index contributed by atoms with van der Waals surface area (Å²) in [7, 11) is 3.82. The van der Waals surface area contributed by atoms with Crippen LogP contribution in [0.15, 0.2) is 33.7 Å². The zero-order valence-corrected chi connectivity index (χ0v) is 18.3. The fraction of sp³-hybridized carbons (Fsp3) is 0.588. The van der Waals surface area contributed by atoms with Crippen LogP contribution in [0.25, 0.3) is 0 Å². The van der Waals surface area contributed by atoms with E-state index in [0.29, 0.717) is 0 Å². The van der Waals surface area contributed by atoms with Crippen molar-refractivity contribution in [2.24, 2.45) is 4.99 Å². The normalized spacial score (nSPS) is 11.0. The van der Waals surface area contributed by atoms with Crippen LogP contribution in [0, 0.1) is 0 Å². The van der Waals surface area contributed by atoms with Crippen molar-refractivity contribution < 1.29 is 4.74 Å². The summed E-state index contributed by atoms with van der Waals surface area (Å²) >= 11 is 3.60. The van der Waals surface area contributed by atoms with E-state index in [-0.39, 0.29) is 24.0 Å². The van der Waals surface area contributed by atoms with Crippen LogP contribution in [0.2, 0.25) is 0 Å². The summed E-state index contributed by atoms with van der Waals surface area (Å²) in [5.74, 6) is 0.963. The van der Waals surface area contributed by atoms with Gasteiger partial charge in [0.05, 0.1) is 0 Å². The van der Waals surface area contributed by atoms with Crippen LogP contribution in [0.3, 0.4) is 0 Å². The maximum absolute atomic E-state index is 5.06. The number of halogens is 2. The van der Waals surface area contributed by atoms with Gasteiger partial charge in [-0.05, 0) is 37.8 Å². The molecule has 0 amide bonds. The number of aliphatic imine (C=N–C) groups is 1. The molecular formula is C17H29BrIN3O. The average Bonchev–Trinajstić information content (AvgIpc) is 2.51. The number of rotatable bonds is 9. The highest BCUT2D eigenvalue weighted by Gasteiger charge is 2.08. The molecule has 0 bridgehead atoms. The van der Waals surface area contributed by atoms with E-state index in [2.05, 4.69) is 58.3 Å². The Balaban J connectivity index is 0.00000484. The molecule has 0 aliphatic heterocycles. The van der Waals surface area contributed by atoms with Gasteiger partial charge in [-0.1, -0.05) is 34.1 Å². The zero-order chi connectivity index (χ0) is 16.2. The molecule has 0 saturated carbocycles. The molecule has 0 heterocycles. The number of unbranched alkanes of at least 4 members (excludes halogenated alkanes) is 2. The number of hydrogen-bond acceptors (Lipinski definition) is 2. The lowest BCUT2D eigenvalue weighted by atomic mass is 10.2. The number of benzene rings is 1. The van der Waals surface area contributed by atoms with Gasteiger partial charge in [0.2, 0.25) is 0 Å². The highest BCUT2D eigenvalue weighted by molar-refractivity contribution is 14.0. The minimum Gasteiger partial charge on any atom is -0.385 e. The van der Waals surface area contributed by atoms with Gasteiger partial charge in [0, 0.05) is 44.9 Å². The van der Waals surface area contributed by atoms with Crippen LogP contribution in [-0.4, -0.2) is 44.7 Å². The Kier molecular flexibility index (Phi) is 13.8. The SMILES string of the molecule is CCNC(=NCCCCCOC)N(C)Cc1ccccc1Br.I. The Labute approximate surface area is 166 Å². The van der Waals surface area contributed by atoms with Gasteiger partial charge in [0.25, 0.3) is 0 Å². The van der Waals surface area contributed by atoms with Crippen molar-refractivity contribution in [2.75, 3.05) is 33.9 Å². The number of methoxy groups -OCH3 is 1. The Morgan fingerprint density at radius 1 is 1.26 bits per heavy atom. The highest BCUT2D eigenvalue weighted by Crippen LogP contribution is 2.17. The first-order valence-electron chi connectivity index (χ1n) is 7.90. The van der Waals surface area contributed by atoms with E-state index in [1.54, 1.807) is 7.11 Å². The topological polar surface area (TPSA) is 36.9 Å². The molecule has 0 fully saturated rings. The molecule has 1 rings (SSSR count). The van der Waals surface area contributed by atoms with E-state index in [1.165, 1.54) is 5.56 Å². The van der Waals surface area contributed by atoms with Crippen molar-refractivity contribution in [3.8, 4) is 0 Å². The largest absolute Gasteiger partial charge is 0.385 e. The summed E-state index contributed by atoms with van der Waals surface area (Å²) in [6, 6.07) is 8.30. The van der Waals surface area contributed by atoms with Gasteiger partial charge < -0.3 is 15.0 Å². The molecule has 132 valence electrons. The van der Waals surface area contributed by atoms with Crippen LogP contribution in [0.4, 0.5) is 0 Å². The van der Waals surface area contributed by atoms with E-state index >= 15 is 0 Å². The quantitative estimate of drug-likeness (QED) is 0.239. The van der Waals surface area contributed by atoms with E-state index in [4.69, 9.17) is 9.73 Å². The van der Waals surface area contributed by atoms with E-state index in [1.807, 2.05) is 6.07 Å². The number of ether oxygens (including phenoxy) is 1. The Bertz CT molecular complexity index is 457. The van der Waals surface area contributed by atoms with Crippen LogP contribution in [-0.2, 0) is 11.3 Å². The molecule has 1 aromatic rings. The van der Waals surface area contributed by atoms with Crippen molar-refractivity contribution >= 4 is 45.9 Å². The molecule has 0 aliphatic carbocycles. The summed E-state index contributed by atoms with van der Waals surface area (Å²) in [5.41, 5.74) is 1.26. The molecule has 23 heavy (non-hydrogen) atoms. The van der Waals surface area contributed by atoms with Gasteiger partial charge >= 0.3 is 0 Å². The average molecular weight is 498 g/mol. The highest BCUT2D eigenvalue weighted by atomic mass is 127. The number of hydrogen-bond donors (Lipinski definition) is 1. The van der Waals surface area contributed by atoms with Gasteiger partial charge in [-0.25, -0.2) is 0 Å². The predicted octanol–water partition coefficient (Wildman–Crippen LogP) is 4.28. The molecule has 0 atom stereocenters. The van der Waals surface area contributed by atoms with Gasteiger partial charge in [-0.15, -0.1) is 24.0 Å². The summed E-state index contributed by atoms with van der Waals surface area (Å²) in [4.78, 5) is 6.88. The molecular weight excluding hydrogens is 469 g/mol. The molecule has 0 aromatic heterocycles. The lowest BCUT2D eigenvalue weighted by Gasteiger charge is -2.22. The molecule has 6 heteroatoms. The van der Waals surface area contributed by atoms with Gasteiger partial charge in [-0.3, -0.25) is 4.99 Å². The molecule has 1 N–H and O–H groups in total. The van der Waals surface area contributed by atoms with Crippen molar-refractivity contribution in [3.05, 3.63) is 34.3 Å². The summed E-state index contributed by atoms with van der Waals surface area (Å²) in [6.07, 6.45) is 3.36. The molecule has 0 aliphatic rings. The minimum absolute atomic E-state index is 0. The third kappa shape index (κ3) is 9.52. The molecule has 0 saturated heterocycles. The van der Waals surface area contributed by atoms with Crippen molar-refractivity contribution in [1.29, 1.82) is 0 Å². The Morgan fingerprint density at radius 2 is 2.00 bits per heavy atom. The molecule has 0 radical (unpaired) electrons. The standard InChI is InChI=1S/C17H28BrN3O.HI/c1-4-19-17(20-12-8-5-9-13-22-3)21(2)14-15-10-6-7-11-16(15)18;/h6-7,10-11H,4-5,8-9,12-14H2,1-3H3,(H,19,20);1H. The first kappa shape index (κ1) is 22.7. The maximum atomic E-state index is 5.06. The van der Waals surface area contributed by atoms with Crippen molar-refractivity contribution in [3.63, 3.8) is 0 Å². The third-order valence-corrected chi connectivity index (χ3v) is 4.10. The number of nitrogens with zero attached hydrogens (tertiary/aromatic N) is 2. The van der Waals surface area contributed by atoms with Crippen molar-refractivity contribution in [2.45, 2.75) is 32.7 Å². The first-order chi connectivity index (χ1) is 10.7. The molecule has 4 nitrogen and oxygen atoms in total. The summed E-state index contributed by atoms with van der Waals surface area (Å²) < 4.78 is 6.20. The van der Waals surface area contributed by atoms with E-state index in [9.17, 15) is 0 Å².